The van der Waals surface area contributed by atoms with E-state index < -0.39 is 5.92 Å². The summed E-state index contributed by atoms with van der Waals surface area (Å²) in [6.45, 7) is 2.05. The lowest BCUT2D eigenvalue weighted by molar-refractivity contribution is -0.122. The number of nitrogens with zero attached hydrogens (tertiary/aromatic N) is 2. The van der Waals surface area contributed by atoms with E-state index in [1.807, 2.05) is 0 Å². The van der Waals surface area contributed by atoms with Crippen LogP contribution in [0.1, 0.15) is 12.3 Å². The van der Waals surface area contributed by atoms with Gasteiger partial charge >= 0.3 is 0 Å². The minimum absolute atomic E-state index is 0.121. The molecule has 1 aliphatic heterocycles. The SMILES string of the molecule is Cc1nc2cc(N3C[C@H](C(=O)Nc4ccc(F)cc4)CC3=O)ccc2o1. The van der Waals surface area contributed by atoms with Gasteiger partial charge in [-0.25, -0.2) is 9.37 Å². The van der Waals surface area contributed by atoms with Crippen molar-refractivity contribution >= 4 is 34.3 Å². The molecule has 132 valence electrons. The van der Waals surface area contributed by atoms with Crippen LogP contribution in [-0.2, 0) is 9.59 Å². The van der Waals surface area contributed by atoms with Crippen LogP contribution in [0, 0.1) is 18.7 Å². The molecule has 0 radical (unpaired) electrons. The number of rotatable bonds is 3. The summed E-state index contributed by atoms with van der Waals surface area (Å²) in [6.07, 6.45) is 0.128. The third-order valence-corrected chi connectivity index (χ3v) is 4.40. The summed E-state index contributed by atoms with van der Waals surface area (Å²) in [5, 5.41) is 2.72. The van der Waals surface area contributed by atoms with Crippen LogP contribution < -0.4 is 10.2 Å². The van der Waals surface area contributed by atoms with Crippen molar-refractivity contribution in [3.63, 3.8) is 0 Å². The molecule has 4 rings (SSSR count). The van der Waals surface area contributed by atoms with E-state index in [0.717, 1.165) is 0 Å². The van der Waals surface area contributed by atoms with Crippen LogP contribution >= 0.6 is 0 Å². The monoisotopic (exact) mass is 353 g/mol. The topological polar surface area (TPSA) is 75.4 Å². The second-order valence-corrected chi connectivity index (χ2v) is 6.29. The number of aromatic nitrogens is 1. The van der Waals surface area contributed by atoms with Crippen LogP contribution in [-0.4, -0.2) is 23.3 Å². The molecule has 26 heavy (non-hydrogen) atoms. The van der Waals surface area contributed by atoms with Crippen molar-refractivity contribution in [3.05, 3.63) is 54.2 Å². The number of carbonyl (C=O) groups excluding carboxylic acids is 2. The minimum Gasteiger partial charge on any atom is -0.441 e. The zero-order chi connectivity index (χ0) is 18.3. The van der Waals surface area contributed by atoms with Crippen LogP contribution in [0.25, 0.3) is 11.1 Å². The lowest BCUT2D eigenvalue weighted by atomic mass is 10.1. The summed E-state index contributed by atoms with van der Waals surface area (Å²) >= 11 is 0. The van der Waals surface area contributed by atoms with E-state index in [1.165, 1.54) is 24.3 Å². The van der Waals surface area contributed by atoms with Gasteiger partial charge in [-0.15, -0.1) is 0 Å². The zero-order valence-corrected chi connectivity index (χ0v) is 14.0. The zero-order valence-electron chi connectivity index (χ0n) is 14.0. The normalized spacial score (nSPS) is 17.1. The van der Waals surface area contributed by atoms with Crippen molar-refractivity contribution < 1.29 is 18.4 Å². The predicted molar refractivity (Wildman–Crippen MR) is 94.2 cm³/mol. The predicted octanol–water partition coefficient (Wildman–Crippen LogP) is 3.27. The van der Waals surface area contributed by atoms with Crippen LogP contribution in [0.15, 0.2) is 46.9 Å². The number of nitrogens with one attached hydrogen (secondary N) is 1. The van der Waals surface area contributed by atoms with Gasteiger partial charge in [0.1, 0.15) is 11.3 Å². The standard InChI is InChI=1S/C19H16FN3O3/c1-11-21-16-9-15(6-7-17(16)26-11)23-10-12(8-18(23)24)19(25)22-14-4-2-13(20)3-5-14/h2-7,9,12H,8,10H2,1H3,(H,22,25)/t12-/m1/s1. The molecule has 1 saturated heterocycles. The number of hydrogen-bond acceptors (Lipinski definition) is 4. The first-order chi connectivity index (χ1) is 12.5. The van der Waals surface area contributed by atoms with Crippen molar-refractivity contribution in [2.45, 2.75) is 13.3 Å². The third-order valence-electron chi connectivity index (χ3n) is 4.40. The van der Waals surface area contributed by atoms with Gasteiger partial charge in [0, 0.05) is 31.3 Å². The lowest BCUT2D eigenvalue weighted by Gasteiger charge is -2.16. The highest BCUT2D eigenvalue weighted by Gasteiger charge is 2.35. The van der Waals surface area contributed by atoms with E-state index in [1.54, 1.807) is 30.0 Å². The highest BCUT2D eigenvalue weighted by atomic mass is 19.1. The van der Waals surface area contributed by atoms with Gasteiger partial charge in [0.05, 0.1) is 5.92 Å². The molecule has 1 aliphatic rings. The number of amides is 2. The second-order valence-electron chi connectivity index (χ2n) is 6.29. The molecule has 1 N–H and O–H groups in total. The second kappa shape index (κ2) is 6.25. The molecule has 3 aromatic rings. The lowest BCUT2D eigenvalue weighted by Crippen LogP contribution is -2.28. The number of hydrogen-bond donors (Lipinski definition) is 1. The Hall–Kier alpha value is -3.22. The Morgan fingerprint density at radius 1 is 1.27 bits per heavy atom. The Bertz CT molecular complexity index is 997. The van der Waals surface area contributed by atoms with Crippen molar-refractivity contribution in [3.8, 4) is 0 Å². The van der Waals surface area contributed by atoms with Crippen LogP contribution in [0.2, 0.25) is 0 Å². The highest BCUT2D eigenvalue weighted by Crippen LogP contribution is 2.29. The molecule has 0 saturated carbocycles. The Kier molecular flexibility index (Phi) is 3.91. The summed E-state index contributed by atoms with van der Waals surface area (Å²) < 4.78 is 18.4. The van der Waals surface area contributed by atoms with Crippen LogP contribution in [0.5, 0.6) is 0 Å². The van der Waals surface area contributed by atoms with Crippen molar-refractivity contribution in [2.75, 3.05) is 16.8 Å². The van der Waals surface area contributed by atoms with Gasteiger partial charge in [-0.2, -0.15) is 0 Å². The molecular weight excluding hydrogens is 337 g/mol. The van der Waals surface area contributed by atoms with E-state index in [4.69, 9.17) is 4.42 Å². The van der Waals surface area contributed by atoms with E-state index in [-0.39, 0.29) is 30.6 Å². The largest absolute Gasteiger partial charge is 0.441 e. The Morgan fingerprint density at radius 2 is 2.04 bits per heavy atom. The van der Waals surface area contributed by atoms with Crippen LogP contribution in [0.3, 0.4) is 0 Å². The molecule has 0 spiro atoms. The summed E-state index contributed by atoms with van der Waals surface area (Å²) in [4.78, 5) is 30.7. The summed E-state index contributed by atoms with van der Waals surface area (Å²) in [5.41, 5.74) is 2.52. The summed E-state index contributed by atoms with van der Waals surface area (Å²) in [7, 11) is 0. The highest BCUT2D eigenvalue weighted by molar-refractivity contribution is 6.04. The van der Waals surface area contributed by atoms with Crippen LogP contribution in [0.4, 0.5) is 15.8 Å². The summed E-state index contributed by atoms with van der Waals surface area (Å²) in [5.74, 6) is -0.665. The van der Waals surface area contributed by atoms with Gasteiger partial charge in [-0.3, -0.25) is 9.59 Å². The quantitative estimate of drug-likeness (QED) is 0.784. The Morgan fingerprint density at radius 3 is 2.81 bits per heavy atom. The van der Waals surface area contributed by atoms with Gasteiger partial charge in [0.15, 0.2) is 11.5 Å². The molecule has 1 fully saturated rings. The fraction of sp³-hybridized carbons (Fsp3) is 0.211. The average molecular weight is 353 g/mol. The molecule has 0 aliphatic carbocycles. The van der Waals surface area contributed by atoms with Crippen molar-refractivity contribution in [1.29, 1.82) is 0 Å². The van der Waals surface area contributed by atoms with Gasteiger partial charge in [-0.05, 0) is 42.5 Å². The average Bonchev–Trinajstić information content (AvgIpc) is 3.18. The molecule has 1 atom stereocenters. The van der Waals surface area contributed by atoms with E-state index in [2.05, 4.69) is 10.3 Å². The van der Waals surface area contributed by atoms with Gasteiger partial charge in [0.25, 0.3) is 0 Å². The fourth-order valence-corrected chi connectivity index (χ4v) is 3.11. The van der Waals surface area contributed by atoms with Gasteiger partial charge in [0.2, 0.25) is 11.8 Å². The Balaban J connectivity index is 1.50. The molecule has 0 bridgehead atoms. The maximum Gasteiger partial charge on any atom is 0.229 e. The molecule has 7 heteroatoms. The molecule has 2 aromatic carbocycles. The summed E-state index contributed by atoms with van der Waals surface area (Å²) in [6, 6.07) is 10.9. The molecule has 1 aromatic heterocycles. The number of aryl methyl sites for hydroxylation is 1. The number of benzene rings is 2. The van der Waals surface area contributed by atoms with Gasteiger partial charge in [-0.1, -0.05) is 0 Å². The fourth-order valence-electron chi connectivity index (χ4n) is 3.11. The van der Waals surface area contributed by atoms with Gasteiger partial charge < -0.3 is 14.6 Å². The van der Waals surface area contributed by atoms with E-state index in [9.17, 15) is 14.0 Å². The molecule has 2 amide bonds. The number of halogens is 1. The molecule has 6 nitrogen and oxygen atoms in total. The molecular formula is C19H16FN3O3. The number of fused-ring (bicyclic) bond motifs is 1. The maximum absolute atomic E-state index is 13.0. The minimum atomic E-state index is -0.470. The molecule has 0 unspecified atom stereocenters. The smallest absolute Gasteiger partial charge is 0.229 e. The van der Waals surface area contributed by atoms with Crippen molar-refractivity contribution in [2.24, 2.45) is 5.92 Å². The number of anilines is 2. The molecule has 2 heterocycles. The first-order valence-electron chi connectivity index (χ1n) is 8.23. The maximum atomic E-state index is 13.0. The van der Waals surface area contributed by atoms with E-state index in [0.29, 0.717) is 28.4 Å². The van der Waals surface area contributed by atoms with E-state index >= 15 is 0 Å². The third kappa shape index (κ3) is 3.03. The Labute approximate surface area is 148 Å². The first kappa shape index (κ1) is 16.3. The first-order valence-corrected chi connectivity index (χ1v) is 8.23. The number of carbonyl (C=O) groups is 2. The number of oxazole rings is 1. The van der Waals surface area contributed by atoms with Crippen molar-refractivity contribution in [1.82, 2.24) is 4.98 Å².